The molecule has 2 atom stereocenters. The second-order valence-corrected chi connectivity index (χ2v) is 8.78. The molecule has 166 valence electrons. The van der Waals surface area contributed by atoms with Crippen molar-refractivity contribution in [2.75, 3.05) is 6.61 Å². The van der Waals surface area contributed by atoms with Crippen LogP contribution in [0.1, 0.15) is 33.8 Å². The number of ether oxygens (including phenoxy) is 1. The third kappa shape index (κ3) is 4.49. The van der Waals surface area contributed by atoms with Gasteiger partial charge in [-0.25, -0.2) is 9.78 Å². The molecule has 2 heterocycles. The molecule has 0 fully saturated rings. The molecule has 32 heavy (non-hydrogen) atoms. The van der Waals surface area contributed by atoms with Gasteiger partial charge in [0, 0.05) is 23.1 Å². The first-order valence-electron chi connectivity index (χ1n) is 9.91. The van der Waals surface area contributed by atoms with Crippen LogP contribution in [0.25, 0.3) is 16.0 Å². The van der Waals surface area contributed by atoms with Gasteiger partial charge in [-0.05, 0) is 30.7 Å². The minimum atomic E-state index is -1.08. The molecule has 0 saturated carbocycles. The van der Waals surface area contributed by atoms with Gasteiger partial charge in [-0.3, -0.25) is 4.57 Å². The van der Waals surface area contributed by atoms with E-state index in [1.807, 2.05) is 43.3 Å². The van der Waals surface area contributed by atoms with Gasteiger partial charge in [-0.2, -0.15) is 0 Å². The van der Waals surface area contributed by atoms with E-state index in [4.69, 9.17) is 21.4 Å². The van der Waals surface area contributed by atoms with Gasteiger partial charge in [-0.15, -0.1) is 11.3 Å². The van der Waals surface area contributed by atoms with E-state index < -0.39 is 18.2 Å². The second kappa shape index (κ2) is 9.30. The molecule has 2 aromatic carbocycles. The number of aromatic nitrogens is 2. The fourth-order valence-electron chi connectivity index (χ4n) is 3.47. The molecular formula is C23H21ClN2O5S. The molecule has 1 unspecified atom stereocenters. The number of aliphatic hydroxyl groups is 2. The van der Waals surface area contributed by atoms with Gasteiger partial charge in [0.1, 0.15) is 23.2 Å². The molecule has 3 N–H and O–H groups in total. The minimum Gasteiger partial charge on any atom is -0.484 e. The van der Waals surface area contributed by atoms with Crippen molar-refractivity contribution in [3.8, 4) is 10.8 Å². The molecule has 0 spiro atoms. The van der Waals surface area contributed by atoms with E-state index in [-0.39, 0.29) is 17.2 Å². The Morgan fingerprint density at radius 3 is 2.75 bits per heavy atom. The normalized spacial score (nSPS) is 13.2. The minimum absolute atomic E-state index is 0.0765. The molecule has 0 aliphatic carbocycles. The van der Waals surface area contributed by atoms with Crippen LogP contribution in [0.2, 0.25) is 5.02 Å². The Morgan fingerprint density at radius 2 is 2.03 bits per heavy atom. The fourth-order valence-corrected chi connectivity index (χ4v) is 4.67. The smallest absolute Gasteiger partial charge is 0.349 e. The van der Waals surface area contributed by atoms with Crippen LogP contribution in [0, 0.1) is 0 Å². The first-order chi connectivity index (χ1) is 15.4. The van der Waals surface area contributed by atoms with E-state index >= 15 is 0 Å². The van der Waals surface area contributed by atoms with Crippen molar-refractivity contribution in [2.24, 2.45) is 0 Å². The van der Waals surface area contributed by atoms with Crippen LogP contribution in [-0.4, -0.2) is 43.6 Å². The van der Waals surface area contributed by atoms with E-state index in [2.05, 4.69) is 4.98 Å². The number of fused-ring (bicyclic) bond motifs is 1. The highest BCUT2D eigenvalue weighted by Gasteiger charge is 2.22. The number of rotatable bonds is 8. The van der Waals surface area contributed by atoms with Crippen molar-refractivity contribution in [1.82, 2.24) is 9.55 Å². The molecule has 0 bridgehead atoms. The highest BCUT2D eigenvalue weighted by Crippen LogP contribution is 2.37. The number of carboxylic acid groups (broad SMARTS) is 1. The van der Waals surface area contributed by atoms with Crippen LogP contribution in [0.4, 0.5) is 0 Å². The van der Waals surface area contributed by atoms with Crippen molar-refractivity contribution >= 4 is 39.9 Å². The highest BCUT2D eigenvalue weighted by molar-refractivity contribution is 7.16. The Kier molecular flexibility index (Phi) is 6.48. The van der Waals surface area contributed by atoms with E-state index in [0.717, 1.165) is 33.5 Å². The van der Waals surface area contributed by atoms with Crippen LogP contribution < -0.4 is 4.74 Å². The van der Waals surface area contributed by atoms with Crippen LogP contribution >= 0.6 is 22.9 Å². The number of benzene rings is 2. The molecule has 2 aromatic heterocycles. The summed E-state index contributed by atoms with van der Waals surface area (Å²) >= 11 is 7.34. The topological polar surface area (TPSA) is 105 Å². The lowest BCUT2D eigenvalue weighted by atomic mass is 10.1. The van der Waals surface area contributed by atoms with Crippen molar-refractivity contribution in [3.63, 3.8) is 0 Å². The summed E-state index contributed by atoms with van der Waals surface area (Å²) in [5, 5.41) is 29.8. The molecular weight excluding hydrogens is 452 g/mol. The molecule has 0 saturated heterocycles. The SMILES string of the molecule is C[C@@H](Oc1cc(-n2cnc3ccc(CC(O)CO)cc32)sc1C(=O)O)c1ccccc1Cl. The van der Waals surface area contributed by atoms with Crippen LogP contribution in [0.3, 0.4) is 0 Å². The van der Waals surface area contributed by atoms with Crippen molar-refractivity contribution in [2.45, 2.75) is 25.6 Å². The standard InChI is InChI=1S/C23H21ClN2O5S/c1-13(16-4-2-3-5-17(16)24)31-20-10-21(32-22(20)23(29)30)26-12-25-18-7-6-14(9-19(18)26)8-15(28)11-27/h2-7,9-10,12-13,15,27-28H,8,11H2,1H3,(H,29,30)/t13-,15?/m1/s1. The number of carboxylic acids is 1. The van der Waals surface area contributed by atoms with E-state index in [9.17, 15) is 15.0 Å². The zero-order valence-corrected chi connectivity index (χ0v) is 18.7. The molecule has 4 aromatic rings. The average molecular weight is 473 g/mol. The number of aromatic carboxylic acids is 1. The van der Waals surface area contributed by atoms with Gasteiger partial charge in [0.2, 0.25) is 0 Å². The van der Waals surface area contributed by atoms with Gasteiger partial charge in [0.05, 0.1) is 23.7 Å². The zero-order chi connectivity index (χ0) is 22.8. The Bertz CT molecular complexity index is 1270. The molecule has 7 nitrogen and oxygen atoms in total. The van der Waals surface area contributed by atoms with Gasteiger partial charge < -0.3 is 20.1 Å². The molecule has 0 amide bonds. The van der Waals surface area contributed by atoms with E-state index in [1.54, 1.807) is 23.0 Å². The number of aliphatic hydroxyl groups excluding tert-OH is 2. The fraction of sp³-hybridized carbons (Fsp3) is 0.217. The van der Waals surface area contributed by atoms with E-state index in [1.165, 1.54) is 0 Å². The molecule has 0 radical (unpaired) electrons. The average Bonchev–Trinajstić information content (AvgIpc) is 3.37. The lowest BCUT2D eigenvalue weighted by Gasteiger charge is -2.15. The summed E-state index contributed by atoms with van der Waals surface area (Å²) in [6.45, 7) is 1.49. The molecule has 0 aliphatic rings. The summed E-state index contributed by atoms with van der Waals surface area (Å²) in [5.41, 5.74) is 3.08. The number of hydrogen-bond donors (Lipinski definition) is 3. The van der Waals surface area contributed by atoms with Crippen molar-refractivity contribution in [3.05, 3.63) is 75.9 Å². The predicted molar refractivity (Wildman–Crippen MR) is 123 cm³/mol. The summed E-state index contributed by atoms with van der Waals surface area (Å²) in [6, 6.07) is 14.5. The van der Waals surface area contributed by atoms with Gasteiger partial charge in [-0.1, -0.05) is 35.9 Å². The number of nitrogens with zero attached hydrogens (tertiary/aromatic N) is 2. The first-order valence-corrected chi connectivity index (χ1v) is 11.1. The quantitative estimate of drug-likeness (QED) is 0.349. The van der Waals surface area contributed by atoms with Crippen LogP contribution in [-0.2, 0) is 6.42 Å². The summed E-state index contributed by atoms with van der Waals surface area (Å²) in [7, 11) is 0. The van der Waals surface area contributed by atoms with Gasteiger partial charge in [0.25, 0.3) is 0 Å². The Morgan fingerprint density at radius 1 is 1.25 bits per heavy atom. The highest BCUT2D eigenvalue weighted by atomic mass is 35.5. The maximum absolute atomic E-state index is 11.9. The molecule has 9 heteroatoms. The Balaban J connectivity index is 1.70. The lowest BCUT2D eigenvalue weighted by molar-refractivity contribution is 0.0695. The number of imidazole rings is 1. The first kappa shape index (κ1) is 22.3. The second-order valence-electron chi connectivity index (χ2n) is 7.34. The third-order valence-electron chi connectivity index (χ3n) is 5.06. The monoisotopic (exact) mass is 472 g/mol. The Hall–Kier alpha value is -2.91. The van der Waals surface area contributed by atoms with Crippen molar-refractivity contribution < 1.29 is 24.9 Å². The lowest BCUT2D eigenvalue weighted by Crippen LogP contribution is -2.14. The van der Waals surface area contributed by atoms with Crippen LogP contribution in [0.15, 0.2) is 54.9 Å². The molecule has 0 aliphatic heterocycles. The zero-order valence-electron chi connectivity index (χ0n) is 17.1. The van der Waals surface area contributed by atoms with Crippen molar-refractivity contribution in [1.29, 1.82) is 0 Å². The Labute approximate surface area is 193 Å². The number of carbonyl (C=O) groups is 1. The largest absolute Gasteiger partial charge is 0.484 e. The molecule has 4 rings (SSSR count). The third-order valence-corrected chi connectivity index (χ3v) is 6.51. The summed E-state index contributed by atoms with van der Waals surface area (Å²) in [5.74, 6) is -0.836. The number of hydrogen-bond acceptors (Lipinski definition) is 6. The van der Waals surface area contributed by atoms with E-state index in [0.29, 0.717) is 16.4 Å². The van der Waals surface area contributed by atoms with Crippen LogP contribution in [0.5, 0.6) is 5.75 Å². The summed E-state index contributed by atoms with van der Waals surface area (Å²) in [4.78, 5) is 16.4. The predicted octanol–water partition coefficient (Wildman–Crippen LogP) is 4.47. The van der Waals surface area contributed by atoms with Gasteiger partial charge >= 0.3 is 5.97 Å². The maximum atomic E-state index is 11.9. The number of halogens is 1. The maximum Gasteiger partial charge on any atom is 0.349 e. The summed E-state index contributed by atoms with van der Waals surface area (Å²) in [6.07, 6.45) is 0.618. The van der Waals surface area contributed by atoms with Gasteiger partial charge in [0.15, 0.2) is 4.88 Å². The number of thiophene rings is 1. The summed E-state index contributed by atoms with van der Waals surface area (Å²) < 4.78 is 7.79.